The molecular weight excluding hydrogens is 142 g/mol. The SMILES string of the molecule is C[C@@H]1C[C@@H](C(=O)O)N(C)[C@H]1C. The van der Waals surface area contributed by atoms with Crippen molar-refractivity contribution in [3.8, 4) is 0 Å². The zero-order valence-electron chi connectivity index (χ0n) is 7.24. The predicted octanol–water partition coefficient (Wildman–Crippen LogP) is 0.800. The van der Waals surface area contributed by atoms with Crippen LogP contribution in [0.1, 0.15) is 20.3 Å². The third-order valence-electron chi connectivity index (χ3n) is 2.84. The number of hydrogen-bond acceptors (Lipinski definition) is 2. The first kappa shape index (κ1) is 8.53. The number of likely N-dealkylation sites (tertiary alicyclic amines) is 1. The molecular formula is C8H15NO2. The summed E-state index contributed by atoms with van der Waals surface area (Å²) < 4.78 is 0. The average molecular weight is 157 g/mol. The van der Waals surface area contributed by atoms with Crippen molar-refractivity contribution >= 4 is 5.97 Å². The van der Waals surface area contributed by atoms with Gasteiger partial charge in [0.15, 0.2) is 0 Å². The number of carbonyl (C=O) groups is 1. The molecule has 0 aromatic rings. The second-order valence-electron chi connectivity index (χ2n) is 3.47. The zero-order chi connectivity index (χ0) is 8.59. The van der Waals surface area contributed by atoms with Gasteiger partial charge in [-0.25, -0.2) is 0 Å². The van der Waals surface area contributed by atoms with Crippen LogP contribution < -0.4 is 0 Å². The Morgan fingerprint density at radius 1 is 1.55 bits per heavy atom. The van der Waals surface area contributed by atoms with E-state index < -0.39 is 5.97 Å². The van der Waals surface area contributed by atoms with Crippen molar-refractivity contribution in [3.05, 3.63) is 0 Å². The van der Waals surface area contributed by atoms with Crippen molar-refractivity contribution in [2.75, 3.05) is 7.05 Å². The number of nitrogens with zero attached hydrogens (tertiary/aromatic N) is 1. The molecule has 0 aliphatic carbocycles. The second kappa shape index (κ2) is 2.81. The van der Waals surface area contributed by atoms with Gasteiger partial charge in [-0.3, -0.25) is 9.69 Å². The molecule has 3 heteroatoms. The summed E-state index contributed by atoms with van der Waals surface area (Å²) in [6.07, 6.45) is 0.785. The Morgan fingerprint density at radius 2 is 2.09 bits per heavy atom. The van der Waals surface area contributed by atoms with Crippen molar-refractivity contribution in [1.82, 2.24) is 4.90 Å². The zero-order valence-corrected chi connectivity index (χ0v) is 7.24. The Morgan fingerprint density at radius 3 is 2.27 bits per heavy atom. The smallest absolute Gasteiger partial charge is 0.320 e. The van der Waals surface area contributed by atoms with Crippen LogP contribution in [0.15, 0.2) is 0 Å². The number of hydrogen-bond donors (Lipinski definition) is 1. The summed E-state index contributed by atoms with van der Waals surface area (Å²) >= 11 is 0. The molecule has 11 heavy (non-hydrogen) atoms. The molecule has 0 bridgehead atoms. The van der Waals surface area contributed by atoms with Gasteiger partial charge in [0.2, 0.25) is 0 Å². The fourth-order valence-corrected chi connectivity index (χ4v) is 1.68. The summed E-state index contributed by atoms with van der Waals surface area (Å²) in [4.78, 5) is 12.6. The van der Waals surface area contributed by atoms with Crippen molar-refractivity contribution in [2.45, 2.75) is 32.4 Å². The number of carboxylic acids is 1. The molecule has 1 saturated heterocycles. The largest absolute Gasteiger partial charge is 0.480 e. The molecule has 1 aliphatic rings. The van der Waals surface area contributed by atoms with Gasteiger partial charge in [-0.05, 0) is 26.3 Å². The minimum atomic E-state index is -0.691. The van der Waals surface area contributed by atoms with Gasteiger partial charge in [0.1, 0.15) is 6.04 Å². The average Bonchev–Trinajstić information content (AvgIpc) is 2.17. The molecule has 0 saturated carbocycles. The fraction of sp³-hybridized carbons (Fsp3) is 0.875. The lowest BCUT2D eigenvalue weighted by Gasteiger charge is -2.20. The van der Waals surface area contributed by atoms with E-state index in [1.165, 1.54) is 0 Å². The lowest BCUT2D eigenvalue weighted by molar-refractivity contribution is -0.142. The van der Waals surface area contributed by atoms with Crippen molar-refractivity contribution in [2.24, 2.45) is 5.92 Å². The topological polar surface area (TPSA) is 40.5 Å². The Balaban J connectivity index is 2.67. The molecule has 1 N–H and O–H groups in total. The maximum Gasteiger partial charge on any atom is 0.320 e. The van der Waals surface area contributed by atoms with Crippen LogP contribution in [0.25, 0.3) is 0 Å². The van der Waals surface area contributed by atoms with Crippen LogP contribution >= 0.6 is 0 Å². The van der Waals surface area contributed by atoms with E-state index in [0.717, 1.165) is 6.42 Å². The lowest BCUT2D eigenvalue weighted by Crippen LogP contribution is -2.36. The summed E-state index contributed by atoms with van der Waals surface area (Å²) in [5.41, 5.74) is 0. The van der Waals surface area contributed by atoms with E-state index in [9.17, 15) is 4.79 Å². The molecule has 0 aromatic carbocycles. The highest BCUT2D eigenvalue weighted by Crippen LogP contribution is 2.27. The number of likely N-dealkylation sites (N-methyl/N-ethyl adjacent to an activating group) is 1. The predicted molar refractivity (Wildman–Crippen MR) is 42.4 cm³/mol. The summed E-state index contributed by atoms with van der Waals surface area (Å²) in [5, 5.41) is 8.78. The van der Waals surface area contributed by atoms with E-state index >= 15 is 0 Å². The van der Waals surface area contributed by atoms with Gasteiger partial charge in [0.25, 0.3) is 0 Å². The Labute approximate surface area is 67.0 Å². The van der Waals surface area contributed by atoms with E-state index in [1.807, 2.05) is 11.9 Å². The van der Waals surface area contributed by atoms with Crippen LogP contribution in [0, 0.1) is 5.92 Å². The van der Waals surface area contributed by atoms with Crippen molar-refractivity contribution in [1.29, 1.82) is 0 Å². The van der Waals surface area contributed by atoms with E-state index in [0.29, 0.717) is 12.0 Å². The molecule has 1 heterocycles. The monoisotopic (exact) mass is 157 g/mol. The Bertz CT molecular complexity index is 169. The van der Waals surface area contributed by atoms with Crippen LogP contribution in [-0.4, -0.2) is 35.1 Å². The lowest BCUT2D eigenvalue weighted by atomic mass is 10.0. The van der Waals surface area contributed by atoms with Gasteiger partial charge >= 0.3 is 5.97 Å². The van der Waals surface area contributed by atoms with Crippen LogP contribution in [0.5, 0.6) is 0 Å². The van der Waals surface area contributed by atoms with E-state index in [-0.39, 0.29) is 6.04 Å². The maximum atomic E-state index is 10.7. The van der Waals surface area contributed by atoms with Crippen molar-refractivity contribution < 1.29 is 9.90 Å². The Hall–Kier alpha value is -0.570. The molecule has 1 fully saturated rings. The highest BCUT2D eigenvalue weighted by atomic mass is 16.4. The maximum absolute atomic E-state index is 10.7. The second-order valence-corrected chi connectivity index (χ2v) is 3.47. The van der Waals surface area contributed by atoms with E-state index in [4.69, 9.17) is 5.11 Å². The summed E-state index contributed by atoms with van der Waals surface area (Å²) in [5.74, 6) is -0.190. The quantitative estimate of drug-likeness (QED) is 0.612. The standard InChI is InChI=1S/C8H15NO2/c1-5-4-7(8(10)11)9(3)6(5)2/h5-7H,4H2,1-3H3,(H,10,11)/t5-,6+,7+/m1/s1. The summed E-state index contributed by atoms with van der Waals surface area (Å²) in [7, 11) is 1.88. The molecule has 1 aliphatic heterocycles. The highest BCUT2D eigenvalue weighted by molar-refractivity contribution is 5.73. The third kappa shape index (κ3) is 1.38. The fourth-order valence-electron chi connectivity index (χ4n) is 1.68. The summed E-state index contributed by atoms with van der Waals surface area (Å²) in [6.45, 7) is 4.18. The minimum absolute atomic E-state index is 0.264. The highest BCUT2D eigenvalue weighted by Gasteiger charge is 2.37. The summed E-state index contributed by atoms with van der Waals surface area (Å²) in [6, 6.07) is 0.135. The normalized spacial score (nSPS) is 39.4. The van der Waals surface area contributed by atoms with Gasteiger partial charge in [0, 0.05) is 6.04 Å². The van der Waals surface area contributed by atoms with Gasteiger partial charge in [-0.15, -0.1) is 0 Å². The van der Waals surface area contributed by atoms with Crippen LogP contribution in [0.3, 0.4) is 0 Å². The molecule has 3 atom stereocenters. The molecule has 0 spiro atoms. The van der Waals surface area contributed by atoms with Crippen LogP contribution in [0.2, 0.25) is 0 Å². The molecule has 3 nitrogen and oxygen atoms in total. The Kier molecular flexibility index (Phi) is 2.18. The van der Waals surface area contributed by atoms with E-state index in [1.54, 1.807) is 0 Å². The molecule has 0 amide bonds. The first-order valence-corrected chi connectivity index (χ1v) is 3.98. The van der Waals surface area contributed by atoms with Crippen molar-refractivity contribution in [3.63, 3.8) is 0 Å². The number of rotatable bonds is 1. The van der Waals surface area contributed by atoms with Gasteiger partial charge < -0.3 is 5.11 Å². The molecule has 0 radical (unpaired) electrons. The first-order chi connectivity index (χ1) is 5.04. The molecule has 1 rings (SSSR count). The third-order valence-corrected chi connectivity index (χ3v) is 2.84. The number of carboxylic acid groups (broad SMARTS) is 1. The minimum Gasteiger partial charge on any atom is -0.480 e. The molecule has 0 unspecified atom stereocenters. The number of aliphatic carboxylic acids is 1. The van der Waals surface area contributed by atoms with Gasteiger partial charge in [-0.2, -0.15) is 0 Å². The molecule has 0 aromatic heterocycles. The van der Waals surface area contributed by atoms with Gasteiger partial charge in [0.05, 0.1) is 0 Å². The van der Waals surface area contributed by atoms with Gasteiger partial charge in [-0.1, -0.05) is 6.92 Å². The van der Waals surface area contributed by atoms with E-state index in [2.05, 4.69) is 13.8 Å². The van der Waals surface area contributed by atoms with Crippen LogP contribution in [0.4, 0.5) is 0 Å². The first-order valence-electron chi connectivity index (χ1n) is 3.98. The van der Waals surface area contributed by atoms with Crippen LogP contribution in [-0.2, 0) is 4.79 Å². The molecule has 64 valence electrons.